The SMILES string of the molecule is CCOc1cnc(N2CCC(COc3cnc(N4CCC(N)C4)nc3)CC2)nc1. The Bertz CT molecular complexity index is 763. The smallest absolute Gasteiger partial charge is 0.225 e. The normalized spacial score (nSPS) is 20.1. The molecule has 2 saturated heterocycles. The minimum absolute atomic E-state index is 0.216. The molecule has 156 valence electrons. The van der Waals surface area contributed by atoms with Crippen molar-refractivity contribution in [1.82, 2.24) is 19.9 Å². The second kappa shape index (κ2) is 9.21. The third kappa shape index (κ3) is 5.03. The Hall–Kier alpha value is -2.68. The first kappa shape index (κ1) is 19.6. The Balaban J connectivity index is 1.22. The van der Waals surface area contributed by atoms with Gasteiger partial charge in [-0.25, -0.2) is 19.9 Å². The molecule has 29 heavy (non-hydrogen) atoms. The van der Waals surface area contributed by atoms with Gasteiger partial charge in [0.25, 0.3) is 0 Å². The van der Waals surface area contributed by atoms with Crippen LogP contribution in [0, 0.1) is 5.92 Å². The van der Waals surface area contributed by atoms with Gasteiger partial charge in [0.05, 0.1) is 38.0 Å². The quantitative estimate of drug-likeness (QED) is 0.742. The van der Waals surface area contributed by atoms with E-state index in [1.165, 1.54) is 0 Å². The van der Waals surface area contributed by atoms with Gasteiger partial charge in [-0.2, -0.15) is 0 Å². The molecule has 0 spiro atoms. The average Bonchev–Trinajstić information content (AvgIpc) is 3.20. The second-order valence-corrected chi connectivity index (χ2v) is 7.61. The monoisotopic (exact) mass is 399 g/mol. The van der Waals surface area contributed by atoms with E-state index in [9.17, 15) is 0 Å². The fourth-order valence-corrected chi connectivity index (χ4v) is 3.74. The van der Waals surface area contributed by atoms with E-state index in [4.69, 9.17) is 15.2 Å². The van der Waals surface area contributed by atoms with Gasteiger partial charge in [0.15, 0.2) is 11.5 Å². The van der Waals surface area contributed by atoms with E-state index in [0.29, 0.717) is 24.9 Å². The van der Waals surface area contributed by atoms with Crippen LogP contribution < -0.4 is 25.0 Å². The van der Waals surface area contributed by atoms with E-state index in [-0.39, 0.29) is 6.04 Å². The number of nitrogens with zero attached hydrogens (tertiary/aromatic N) is 6. The first-order valence-electron chi connectivity index (χ1n) is 10.4. The summed E-state index contributed by atoms with van der Waals surface area (Å²) in [5.74, 6) is 3.42. The summed E-state index contributed by atoms with van der Waals surface area (Å²) in [4.78, 5) is 22.0. The highest BCUT2D eigenvalue weighted by Crippen LogP contribution is 2.23. The van der Waals surface area contributed by atoms with Crippen molar-refractivity contribution >= 4 is 11.9 Å². The number of hydrogen-bond acceptors (Lipinski definition) is 9. The van der Waals surface area contributed by atoms with Crippen LogP contribution >= 0.6 is 0 Å². The molecule has 2 N–H and O–H groups in total. The maximum absolute atomic E-state index is 5.95. The molecule has 2 fully saturated rings. The molecule has 0 aromatic carbocycles. The summed E-state index contributed by atoms with van der Waals surface area (Å²) < 4.78 is 11.3. The lowest BCUT2D eigenvalue weighted by Gasteiger charge is -2.31. The number of anilines is 2. The van der Waals surface area contributed by atoms with Crippen molar-refractivity contribution in [3.8, 4) is 11.5 Å². The summed E-state index contributed by atoms with van der Waals surface area (Å²) in [6.45, 7) is 6.82. The van der Waals surface area contributed by atoms with Gasteiger partial charge in [-0.15, -0.1) is 0 Å². The molecule has 9 nitrogen and oxygen atoms in total. The van der Waals surface area contributed by atoms with Crippen LogP contribution in [0.4, 0.5) is 11.9 Å². The van der Waals surface area contributed by atoms with Crippen molar-refractivity contribution in [3.05, 3.63) is 24.8 Å². The van der Waals surface area contributed by atoms with Gasteiger partial charge in [0.1, 0.15) is 0 Å². The minimum atomic E-state index is 0.216. The van der Waals surface area contributed by atoms with Gasteiger partial charge >= 0.3 is 0 Å². The lowest BCUT2D eigenvalue weighted by molar-refractivity contribution is 0.221. The summed E-state index contributed by atoms with van der Waals surface area (Å²) in [5, 5.41) is 0. The zero-order valence-electron chi connectivity index (χ0n) is 16.9. The summed E-state index contributed by atoms with van der Waals surface area (Å²) >= 11 is 0. The van der Waals surface area contributed by atoms with Crippen molar-refractivity contribution in [2.24, 2.45) is 11.7 Å². The molecule has 0 bridgehead atoms. The summed E-state index contributed by atoms with van der Waals surface area (Å²) in [6.07, 6.45) is 10.1. The number of piperidine rings is 1. The molecule has 0 radical (unpaired) electrons. The number of aromatic nitrogens is 4. The molecule has 4 heterocycles. The summed E-state index contributed by atoms with van der Waals surface area (Å²) in [6, 6.07) is 0.216. The molecule has 0 aliphatic carbocycles. The van der Waals surface area contributed by atoms with Gasteiger partial charge < -0.3 is 25.0 Å². The van der Waals surface area contributed by atoms with Crippen LogP contribution in [0.1, 0.15) is 26.2 Å². The minimum Gasteiger partial charge on any atom is -0.491 e. The van der Waals surface area contributed by atoms with E-state index in [1.54, 1.807) is 24.8 Å². The van der Waals surface area contributed by atoms with E-state index in [1.807, 2.05) is 6.92 Å². The summed E-state index contributed by atoms with van der Waals surface area (Å²) in [7, 11) is 0. The number of hydrogen-bond donors (Lipinski definition) is 1. The summed E-state index contributed by atoms with van der Waals surface area (Å²) in [5.41, 5.74) is 5.95. The standard InChI is InChI=1S/C20H29N7O2/c1-2-28-17-9-22-19(23-10-17)26-6-3-15(4-7-26)14-29-18-11-24-20(25-12-18)27-8-5-16(21)13-27/h9-12,15-16H,2-8,13-14,21H2,1H3. The van der Waals surface area contributed by atoms with E-state index in [2.05, 4.69) is 29.7 Å². The van der Waals surface area contributed by atoms with Crippen molar-refractivity contribution in [2.75, 3.05) is 49.2 Å². The van der Waals surface area contributed by atoms with Crippen LogP contribution in [-0.4, -0.2) is 65.4 Å². The van der Waals surface area contributed by atoms with E-state index < -0.39 is 0 Å². The van der Waals surface area contributed by atoms with Crippen LogP contribution in [0.15, 0.2) is 24.8 Å². The number of ether oxygens (including phenoxy) is 2. The highest BCUT2D eigenvalue weighted by atomic mass is 16.5. The van der Waals surface area contributed by atoms with Gasteiger partial charge in [0.2, 0.25) is 11.9 Å². The maximum atomic E-state index is 5.95. The van der Waals surface area contributed by atoms with Crippen LogP contribution in [0.5, 0.6) is 11.5 Å². The molecule has 0 amide bonds. The third-order valence-electron chi connectivity index (χ3n) is 5.43. The molecular weight excluding hydrogens is 370 g/mol. The number of nitrogens with two attached hydrogens (primary N) is 1. The van der Waals surface area contributed by atoms with Crippen molar-refractivity contribution in [3.63, 3.8) is 0 Å². The molecule has 2 aliphatic rings. The first-order valence-corrected chi connectivity index (χ1v) is 10.4. The molecule has 9 heteroatoms. The Morgan fingerprint density at radius 1 is 0.862 bits per heavy atom. The van der Waals surface area contributed by atoms with Gasteiger partial charge in [-0.1, -0.05) is 0 Å². The molecule has 0 saturated carbocycles. The molecule has 2 aliphatic heterocycles. The predicted molar refractivity (Wildman–Crippen MR) is 110 cm³/mol. The lowest BCUT2D eigenvalue weighted by atomic mass is 9.98. The Morgan fingerprint density at radius 3 is 1.97 bits per heavy atom. The van der Waals surface area contributed by atoms with Crippen molar-refractivity contribution in [2.45, 2.75) is 32.2 Å². The Morgan fingerprint density at radius 2 is 1.41 bits per heavy atom. The largest absolute Gasteiger partial charge is 0.491 e. The zero-order chi connectivity index (χ0) is 20.1. The third-order valence-corrected chi connectivity index (χ3v) is 5.43. The van der Waals surface area contributed by atoms with E-state index in [0.717, 1.165) is 63.1 Å². The highest BCUT2D eigenvalue weighted by molar-refractivity contribution is 5.34. The lowest BCUT2D eigenvalue weighted by Crippen LogP contribution is -2.36. The van der Waals surface area contributed by atoms with Crippen LogP contribution in [-0.2, 0) is 0 Å². The fourth-order valence-electron chi connectivity index (χ4n) is 3.74. The molecule has 4 rings (SSSR count). The van der Waals surface area contributed by atoms with Gasteiger partial charge in [-0.05, 0) is 32.1 Å². The highest BCUT2D eigenvalue weighted by Gasteiger charge is 2.23. The Labute approximate surface area is 171 Å². The first-order chi connectivity index (χ1) is 14.2. The molecule has 2 aromatic heterocycles. The molecule has 1 unspecified atom stereocenters. The molecule has 1 atom stereocenters. The number of rotatable bonds is 7. The van der Waals surface area contributed by atoms with Crippen LogP contribution in [0.3, 0.4) is 0 Å². The predicted octanol–water partition coefficient (Wildman–Crippen LogP) is 1.50. The van der Waals surface area contributed by atoms with Gasteiger partial charge in [0, 0.05) is 32.2 Å². The Kier molecular flexibility index (Phi) is 6.24. The van der Waals surface area contributed by atoms with Crippen molar-refractivity contribution < 1.29 is 9.47 Å². The average molecular weight is 399 g/mol. The zero-order valence-corrected chi connectivity index (χ0v) is 16.9. The van der Waals surface area contributed by atoms with Crippen LogP contribution in [0.25, 0.3) is 0 Å². The second-order valence-electron chi connectivity index (χ2n) is 7.61. The maximum Gasteiger partial charge on any atom is 0.225 e. The van der Waals surface area contributed by atoms with E-state index >= 15 is 0 Å². The van der Waals surface area contributed by atoms with Crippen molar-refractivity contribution in [1.29, 1.82) is 0 Å². The van der Waals surface area contributed by atoms with Gasteiger partial charge in [-0.3, -0.25) is 0 Å². The van der Waals surface area contributed by atoms with Crippen LogP contribution in [0.2, 0.25) is 0 Å². The fraction of sp³-hybridized carbons (Fsp3) is 0.600. The molecule has 2 aromatic rings. The topological polar surface area (TPSA) is 103 Å². The molecular formula is C20H29N7O2.